The van der Waals surface area contributed by atoms with Crippen molar-refractivity contribution in [3.63, 3.8) is 0 Å². The van der Waals surface area contributed by atoms with Crippen LogP contribution in [0, 0.1) is 0 Å². The summed E-state index contributed by atoms with van der Waals surface area (Å²) in [6.07, 6.45) is 2.85. The first-order chi connectivity index (χ1) is 10.4. The Kier molecular flexibility index (Phi) is 3.44. The lowest BCUT2D eigenvalue weighted by Crippen LogP contribution is -2.38. The van der Waals surface area contributed by atoms with Crippen LogP contribution in [0.4, 0.5) is 9.83 Å². The zero-order valence-corrected chi connectivity index (χ0v) is 11.8. The van der Waals surface area contributed by atoms with Gasteiger partial charge in [-0.05, 0) is 22.9 Å². The molecule has 3 heterocycles. The van der Waals surface area contributed by atoms with Gasteiger partial charge in [0, 0.05) is 19.3 Å². The molecular weight excluding hydrogens is 319 g/mol. The maximum Gasteiger partial charge on any atom is 0.488 e. The van der Waals surface area contributed by atoms with Crippen molar-refractivity contribution in [1.82, 2.24) is 25.2 Å². The van der Waals surface area contributed by atoms with E-state index in [2.05, 4.69) is 24.7 Å². The fourth-order valence-electron chi connectivity index (χ4n) is 2.06. The fraction of sp³-hybridized carbons (Fsp3) is 0.300. The molecule has 0 aliphatic carbocycles. The van der Waals surface area contributed by atoms with Gasteiger partial charge >= 0.3 is 10.5 Å². The van der Waals surface area contributed by atoms with Crippen LogP contribution in [0.15, 0.2) is 18.5 Å². The first kappa shape index (κ1) is 14.3. The van der Waals surface area contributed by atoms with Gasteiger partial charge in [0.25, 0.3) is 11.9 Å². The molecule has 0 saturated carbocycles. The molecule has 2 aromatic heterocycles. The van der Waals surface area contributed by atoms with Gasteiger partial charge < -0.3 is 4.18 Å². The molecule has 10 nitrogen and oxygen atoms in total. The van der Waals surface area contributed by atoms with Crippen molar-refractivity contribution in [1.29, 1.82) is 0 Å². The monoisotopic (exact) mass is 328 g/mol. The highest BCUT2D eigenvalue weighted by Gasteiger charge is 2.27. The van der Waals surface area contributed by atoms with Gasteiger partial charge in [-0.15, -0.1) is 0 Å². The van der Waals surface area contributed by atoms with Gasteiger partial charge in [0.05, 0.1) is 11.8 Å². The van der Waals surface area contributed by atoms with Crippen LogP contribution in [0.2, 0.25) is 0 Å². The molecule has 0 fully saturated rings. The molecule has 0 unspecified atom stereocenters. The second kappa shape index (κ2) is 5.29. The molecule has 0 spiro atoms. The standard InChI is InChI=1S/C10H9FN6O4S/c11-22(19,20)21-8-4-7(5-12-6-8)9(18)16-2-1-3-17-10(16)13-14-15-17/h4-6H,1-3H2. The number of halogens is 1. The number of aromatic nitrogens is 5. The maximum absolute atomic E-state index is 12.5. The summed E-state index contributed by atoms with van der Waals surface area (Å²) < 4.78 is 39.0. The minimum atomic E-state index is -5.19. The van der Waals surface area contributed by atoms with E-state index in [-0.39, 0.29) is 11.5 Å². The molecule has 0 aromatic carbocycles. The number of aryl methyl sites for hydroxylation is 1. The molecule has 12 heteroatoms. The SMILES string of the molecule is O=C(c1cncc(OS(=O)(=O)F)c1)N1CCCn2nnnc21. The first-order valence-electron chi connectivity index (χ1n) is 6.11. The Morgan fingerprint density at radius 3 is 2.91 bits per heavy atom. The average molecular weight is 328 g/mol. The van der Waals surface area contributed by atoms with Crippen LogP contribution in [-0.4, -0.2) is 46.1 Å². The zero-order chi connectivity index (χ0) is 15.7. The van der Waals surface area contributed by atoms with Crippen molar-refractivity contribution in [3.05, 3.63) is 24.0 Å². The van der Waals surface area contributed by atoms with E-state index in [1.54, 1.807) is 0 Å². The van der Waals surface area contributed by atoms with Gasteiger partial charge in [0.2, 0.25) is 0 Å². The summed E-state index contributed by atoms with van der Waals surface area (Å²) in [5.74, 6) is -0.615. The van der Waals surface area contributed by atoms with E-state index in [1.165, 1.54) is 15.8 Å². The second-order valence-electron chi connectivity index (χ2n) is 4.40. The number of nitrogens with zero attached hydrogens (tertiary/aromatic N) is 6. The minimum Gasteiger partial charge on any atom is -0.357 e. The predicted octanol–water partition coefficient (Wildman–Crippen LogP) is -0.288. The number of anilines is 1. The molecule has 116 valence electrons. The zero-order valence-electron chi connectivity index (χ0n) is 11.0. The van der Waals surface area contributed by atoms with E-state index in [1.807, 2.05) is 0 Å². The van der Waals surface area contributed by atoms with Crippen molar-refractivity contribution >= 4 is 22.4 Å². The van der Waals surface area contributed by atoms with Crippen molar-refractivity contribution in [2.75, 3.05) is 11.4 Å². The Morgan fingerprint density at radius 2 is 2.14 bits per heavy atom. The number of carbonyl (C=O) groups excluding carboxylic acids is 1. The molecule has 22 heavy (non-hydrogen) atoms. The maximum atomic E-state index is 12.5. The highest BCUT2D eigenvalue weighted by molar-refractivity contribution is 7.81. The Morgan fingerprint density at radius 1 is 1.32 bits per heavy atom. The Balaban J connectivity index is 1.89. The van der Waals surface area contributed by atoms with Gasteiger partial charge in [-0.25, -0.2) is 4.68 Å². The summed E-state index contributed by atoms with van der Waals surface area (Å²) in [5.41, 5.74) is 0.0256. The molecule has 0 radical (unpaired) electrons. The van der Waals surface area contributed by atoms with E-state index in [0.717, 1.165) is 12.3 Å². The van der Waals surface area contributed by atoms with Crippen LogP contribution in [0.5, 0.6) is 5.75 Å². The Labute approximate surface area is 123 Å². The Bertz CT molecular complexity index is 822. The van der Waals surface area contributed by atoms with E-state index < -0.39 is 22.2 Å². The highest BCUT2D eigenvalue weighted by Crippen LogP contribution is 2.21. The smallest absolute Gasteiger partial charge is 0.357 e. The van der Waals surface area contributed by atoms with Gasteiger partial charge in [-0.2, -0.15) is 8.42 Å². The molecule has 0 atom stereocenters. The predicted molar refractivity (Wildman–Crippen MR) is 69.0 cm³/mol. The van der Waals surface area contributed by atoms with Gasteiger partial charge in [0.1, 0.15) is 0 Å². The quantitative estimate of drug-likeness (QED) is 0.705. The highest BCUT2D eigenvalue weighted by atomic mass is 32.3. The van der Waals surface area contributed by atoms with Crippen LogP contribution in [-0.2, 0) is 17.0 Å². The lowest BCUT2D eigenvalue weighted by molar-refractivity contribution is 0.0979. The van der Waals surface area contributed by atoms with Crippen LogP contribution in [0.1, 0.15) is 16.8 Å². The number of rotatable bonds is 3. The molecule has 0 saturated heterocycles. The number of carbonyl (C=O) groups is 1. The molecular formula is C10H9FN6O4S. The number of hydrogen-bond donors (Lipinski definition) is 0. The number of fused-ring (bicyclic) bond motifs is 1. The normalized spacial score (nSPS) is 14.5. The summed E-state index contributed by atoms with van der Waals surface area (Å²) in [6, 6.07) is 1.08. The largest absolute Gasteiger partial charge is 0.488 e. The van der Waals surface area contributed by atoms with Crippen molar-refractivity contribution < 1.29 is 21.3 Å². The van der Waals surface area contributed by atoms with Gasteiger partial charge in [-0.3, -0.25) is 14.7 Å². The van der Waals surface area contributed by atoms with Crippen LogP contribution in [0.25, 0.3) is 0 Å². The lowest BCUT2D eigenvalue weighted by atomic mass is 10.2. The van der Waals surface area contributed by atoms with Crippen LogP contribution < -0.4 is 9.08 Å². The molecule has 1 amide bonds. The third-order valence-electron chi connectivity index (χ3n) is 2.91. The fourth-order valence-corrected chi connectivity index (χ4v) is 2.38. The minimum absolute atomic E-state index is 0.0256. The molecule has 3 rings (SSSR count). The summed E-state index contributed by atoms with van der Waals surface area (Å²) in [5, 5.41) is 11.0. The van der Waals surface area contributed by atoms with Gasteiger partial charge in [0.15, 0.2) is 5.75 Å². The third kappa shape index (κ3) is 2.86. The first-order valence-corrected chi connectivity index (χ1v) is 7.42. The number of pyridine rings is 1. The summed E-state index contributed by atoms with van der Waals surface area (Å²) >= 11 is 0. The van der Waals surface area contributed by atoms with E-state index in [4.69, 9.17) is 0 Å². The summed E-state index contributed by atoms with van der Waals surface area (Å²) in [7, 11) is -5.19. The van der Waals surface area contributed by atoms with E-state index in [9.17, 15) is 17.1 Å². The van der Waals surface area contributed by atoms with Crippen molar-refractivity contribution in [2.24, 2.45) is 0 Å². The summed E-state index contributed by atoms with van der Waals surface area (Å²) in [4.78, 5) is 17.5. The molecule has 2 aromatic rings. The number of tetrazole rings is 1. The molecule has 0 bridgehead atoms. The number of amides is 1. The van der Waals surface area contributed by atoms with E-state index in [0.29, 0.717) is 19.5 Å². The van der Waals surface area contributed by atoms with Crippen molar-refractivity contribution in [3.8, 4) is 5.75 Å². The summed E-state index contributed by atoms with van der Waals surface area (Å²) in [6.45, 7) is 0.985. The molecule has 1 aliphatic rings. The van der Waals surface area contributed by atoms with Gasteiger partial charge in [-0.1, -0.05) is 8.98 Å². The topological polar surface area (TPSA) is 120 Å². The van der Waals surface area contributed by atoms with E-state index >= 15 is 0 Å². The van der Waals surface area contributed by atoms with Crippen LogP contribution >= 0.6 is 0 Å². The lowest BCUT2D eigenvalue weighted by Gasteiger charge is -2.25. The Hall–Kier alpha value is -2.63. The number of hydrogen-bond acceptors (Lipinski definition) is 8. The molecule has 0 N–H and O–H groups in total. The van der Waals surface area contributed by atoms with Crippen molar-refractivity contribution in [2.45, 2.75) is 13.0 Å². The average Bonchev–Trinajstić information content (AvgIpc) is 2.93. The third-order valence-corrected chi connectivity index (χ3v) is 3.30. The second-order valence-corrected chi connectivity index (χ2v) is 5.35. The van der Waals surface area contributed by atoms with Crippen LogP contribution in [0.3, 0.4) is 0 Å². The molecule has 1 aliphatic heterocycles.